The number of hydrogen-bond acceptors (Lipinski definition) is 5. The molecular formula is C19H19N3O4. The van der Waals surface area contributed by atoms with E-state index in [1.165, 1.54) is 11.1 Å². The van der Waals surface area contributed by atoms with Gasteiger partial charge >= 0.3 is 11.9 Å². The van der Waals surface area contributed by atoms with Gasteiger partial charge < -0.3 is 15.5 Å². The van der Waals surface area contributed by atoms with Crippen LogP contribution in [0.15, 0.2) is 65.8 Å². The highest BCUT2D eigenvalue weighted by Gasteiger charge is 2.10. The average Bonchev–Trinajstić information content (AvgIpc) is 3.15. The molecule has 3 N–H and O–H groups in total. The lowest BCUT2D eigenvalue weighted by Crippen LogP contribution is -2.20. The molecule has 0 atom stereocenters. The SMILES string of the molecule is O=C(O)/C=C\C(=O)O.c1ccc(-c2ccccc2CC2=NCCN2)nc1. The van der Waals surface area contributed by atoms with E-state index in [-0.39, 0.29) is 0 Å². The number of carboxylic acids is 2. The van der Waals surface area contributed by atoms with Gasteiger partial charge in [-0.25, -0.2) is 9.59 Å². The van der Waals surface area contributed by atoms with Gasteiger partial charge in [-0.1, -0.05) is 30.3 Å². The van der Waals surface area contributed by atoms with Gasteiger partial charge in [-0.3, -0.25) is 9.98 Å². The van der Waals surface area contributed by atoms with Gasteiger partial charge in [0.2, 0.25) is 0 Å². The fraction of sp³-hybridized carbons (Fsp3) is 0.158. The maximum atomic E-state index is 9.55. The van der Waals surface area contributed by atoms with Crippen LogP contribution in [-0.2, 0) is 16.0 Å². The molecule has 0 fully saturated rings. The van der Waals surface area contributed by atoms with E-state index in [9.17, 15) is 9.59 Å². The molecule has 0 spiro atoms. The van der Waals surface area contributed by atoms with E-state index in [1.54, 1.807) is 0 Å². The molecule has 0 saturated carbocycles. The van der Waals surface area contributed by atoms with E-state index in [1.807, 2.05) is 24.4 Å². The fourth-order valence-corrected chi connectivity index (χ4v) is 2.33. The number of rotatable bonds is 5. The van der Waals surface area contributed by atoms with E-state index in [4.69, 9.17) is 10.2 Å². The van der Waals surface area contributed by atoms with Crippen LogP contribution in [-0.4, -0.2) is 46.1 Å². The summed E-state index contributed by atoms with van der Waals surface area (Å²) in [5, 5.41) is 18.9. The van der Waals surface area contributed by atoms with Gasteiger partial charge in [-0.05, 0) is 17.7 Å². The number of pyridine rings is 1. The number of aromatic nitrogens is 1. The average molecular weight is 353 g/mol. The number of nitrogens with zero attached hydrogens (tertiary/aromatic N) is 2. The molecular weight excluding hydrogens is 334 g/mol. The molecule has 2 aromatic rings. The normalized spacial score (nSPS) is 12.7. The van der Waals surface area contributed by atoms with E-state index >= 15 is 0 Å². The van der Waals surface area contributed by atoms with Crippen molar-refractivity contribution in [3.8, 4) is 11.3 Å². The summed E-state index contributed by atoms with van der Waals surface area (Å²) >= 11 is 0. The van der Waals surface area contributed by atoms with Crippen LogP contribution in [0.5, 0.6) is 0 Å². The highest BCUT2D eigenvalue weighted by atomic mass is 16.4. The maximum Gasteiger partial charge on any atom is 0.328 e. The molecule has 7 nitrogen and oxygen atoms in total. The van der Waals surface area contributed by atoms with Crippen molar-refractivity contribution in [3.05, 3.63) is 66.4 Å². The Bertz CT molecular complexity index is 801. The monoisotopic (exact) mass is 353 g/mol. The van der Waals surface area contributed by atoms with E-state index in [0.29, 0.717) is 12.2 Å². The molecule has 0 unspecified atom stereocenters. The van der Waals surface area contributed by atoms with Crippen LogP contribution in [0, 0.1) is 0 Å². The minimum Gasteiger partial charge on any atom is -0.478 e. The van der Waals surface area contributed by atoms with Crippen molar-refractivity contribution in [2.75, 3.05) is 13.1 Å². The quantitative estimate of drug-likeness (QED) is 0.709. The second kappa shape index (κ2) is 9.73. The predicted octanol–water partition coefficient (Wildman–Crippen LogP) is 2.00. The van der Waals surface area contributed by atoms with Gasteiger partial charge in [-0.2, -0.15) is 0 Å². The molecule has 1 aromatic carbocycles. The van der Waals surface area contributed by atoms with Crippen molar-refractivity contribution >= 4 is 17.8 Å². The van der Waals surface area contributed by atoms with E-state index < -0.39 is 11.9 Å². The topological polar surface area (TPSA) is 112 Å². The zero-order chi connectivity index (χ0) is 18.8. The lowest BCUT2D eigenvalue weighted by molar-refractivity contribution is -0.134. The second-order valence-corrected chi connectivity index (χ2v) is 5.31. The van der Waals surface area contributed by atoms with Crippen LogP contribution in [0.4, 0.5) is 0 Å². The van der Waals surface area contributed by atoms with E-state index in [0.717, 1.165) is 31.0 Å². The summed E-state index contributed by atoms with van der Waals surface area (Å²) in [4.78, 5) is 28.0. The van der Waals surface area contributed by atoms with Crippen molar-refractivity contribution in [2.45, 2.75) is 6.42 Å². The summed E-state index contributed by atoms with van der Waals surface area (Å²) < 4.78 is 0. The molecule has 26 heavy (non-hydrogen) atoms. The summed E-state index contributed by atoms with van der Waals surface area (Å²) in [5.41, 5.74) is 3.48. The zero-order valence-corrected chi connectivity index (χ0v) is 14.0. The number of benzene rings is 1. The Morgan fingerprint density at radius 3 is 2.31 bits per heavy atom. The highest BCUT2D eigenvalue weighted by molar-refractivity contribution is 5.89. The molecule has 134 valence electrons. The summed E-state index contributed by atoms with van der Waals surface area (Å²) in [6.07, 6.45) is 3.80. The number of aliphatic carboxylic acids is 2. The Morgan fingerprint density at radius 1 is 1.04 bits per heavy atom. The van der Waals surface area contributed by atoms with Gasteiger partial charge in [0.15, 0.2) is 0 Å². The van der Waals surface area contributed by atoms with Crippen LogP contribution in [0.1, 0.15) is 5.56 Å². The van der Waals surface area contributed by atoms with Crippen molar-refractivity contribution < 1.29 is 19.8 Å². The van der Waals surface area contributed by atoms with E-state index in [2.05, 4.69) is 39.6 Å². The Balaban J connectivity index is 0.000000260. The van der Waals surface area contributed by atoms with Crippen LogP contribution < -0.4 is 5.32 Å². The van der Waals surface area contributed by atoms with Crippen LogP contribution in [0.2, 0.25) is 0 Å². The number of carbonyl (C=O) groups is 2. The molecule has 2 heterocycles. The molecule has 0 amide bonds. The van der Waals surface area contributed by atoms with Crippen molar-refractivity contribution in [3.63, 3.8) is 0 Å². The molecule has 0 radical (unpaired) electrons. The Labute approximate surface area is 150 Å². The first-order valence-electron chi connectivity index (χ1n) is 7.96. The summed E-state index contributed by atoms with van der Waals surface area (Å²) in [6.45, 7) is 1.85. The number of amidine groups is 1. The second-order valence-electron chi connectivity index (χ2n) is 5.31. The Morgan fingerprint density at radius 2 is 1.73 bits per heavy atom. The molecule has 0 saturated heterocycles. The largest absolute Gasteiger partial charge is 0.478 e. The summed E-state index contributed by atoms with van der Waals surface area (Å²) in [7, 11) is 0. The van der Waals surface area contributed by atoms with Gasteiger partial charge in [0.25, 0.3) is 0 Å². The Kier molecular flexibility index (Phi) is 7.05. The Hall–Kier alpha value is -3.48. The molecule has 1 aliphatic heterocycles. The summed E-state index contributed by atoms with van der Waals surface area (Å²) in [5.74, 6) is -1.43. The van der Waals surface area contributed by atoms with Crippen molar-refractivity contribution in [1.82, 2.24) is 10.3 Å². The zero-order valence-electron chi connectivity index (χ0n) is 14.0. The fourth-order valence-electron chi connectivity index (χ4n) is 2.33. The first kappa shape index (κ1) is 18.9. The minimum absolute atomic E-state index is 0.558. The smallest absolute Gasteiger partial charge is 0.328 e. The first-order chi connectivity index (χ1) is 12.6. The third kappa shape index (κ3) is 6.20. The first-order valence-corrected chi connectivity index (χ1v) is 7.96. The number of hydrogen-bond donors (Lipinski definition) is 3. The standard InChI is InChI=1S/C15H15N3.C4H4O4/c1-2-6-13(14-7-3-4-8-16-14)12(5-1)11-15-17-9-10-18-15;5-3(6)1-2-4(7)8/h1-8H,9-11H2,(H,17,18);1-2H,(H,5,6)(H,7,8)/b;2-1-. The number of nitrogens with one attached hydrogen (secondary N) is 1. The lowest BCUT2D eigenvalue weighted by atomic mass is 10.0. The molecule has 7 heteroatoms. The van der Waals surface area contributed by atoms with Gasteiger partial charge in [0.05, 0.1) is 12.2 Å². The summed E-state index contributed by atoms with van der Waals surface area (Å²) in [6, 6.07) is 14.4. The molecule has 3 rings (SSSR count). The van der Waals surface area contributed by atoms with Gasteiger partial charge in [0.1, 0.15) is 5.84 Å². The maximum absolute atomic E-state index is 9.55. The lowest BCUT2D eigenvalue weighted by Gasteiger charge is -2.09. The van der Waals surface area contributed by atoms with Crippen LogP contribution in [0.25, 0.3) is 11.3 Å². The van der Waals surface area contributed by atoms with Gasteiger partial charge in [-0.15, -0.1) is 0 Å². The van der Waals surface area contributed by atoms with Crippen molar-refractivity contribution in [1.29, 1.82) is 0 Å². The molecule has 1 aromatic heterocycles. The highest BCUT2D eigenvalue weighted by Crippen LogP contribution is 2.22. The third-order valence-electron chi connectivity index (χ3n) is 3.43. The third-order valence-corrected chi connectivity index (χ3v) is 3.43. The van der Waals surface area contributed by atoms with Crippen LogP contribution >= 0.6 is 0 Å². The molecule has 0 bridgehead atoms. The minimum atomic E-state index is -1.26. The van der Waals surface area contributed by atoms with Crippen molar-refractivity contribution in [2.24, 2.45) is 4.99 Å². The number of aliphatic imine (C=N–C) groups is 1. The predicted molar refractivity (Wildman–Crippen MR) is 98.1 cm³/mol. The molecule has 0 aliphatic carbocycles. The van der Waals surface area contributed by atoms with Gasteiger partial charge in [0, 0.05) is 36.9 Å². The van der Waals surface area contributed by atoms with Crippen LogP contribution in [0.3, 0.4) is 0 Å². The number of carboxylic acid groups (broad SMARTS) is 2. The molecule has 1 aliphatic rings.